The van der Waals surface area contributed by atoms with Crippen LogP contribution in [0.1, 0.15) is 53.9 Å². The summed E-state index contributed by atoms with van der Waals surface area (Å²) in [6, 6.07) is -0.156. The molecule has 0 saturated carbocycles. The van der Waals surface area contributed by atoms with Crippen molar-refractivity contribution in [2.24, 2.45) is 5.92 Å². The number of nitrogens with zero attached hydrogens (tertiary/aromatic N) is 1. The molecule has 1 rings (SSSR count). The van der Waals surface area contributed by atoms with Gasteiger partial charge in [0.15, 0.2) is 5.78 Å². The number of ketones is 1. The van der Waals surface area contributed by atoms with Gasteiger partial charge in [-0.2, -0.15) is 0 Å². The fraction of sp³-hybridized carbons (Fsp3) is 0.867. The summed E-state index contributed by atoms with van der Waals surface area (Å²) >= 11 is 0. The number of carbonyl (C=O) groups excluding carboxylic acids is 2. The van der Waals surface area contributed by atoms with Crippen LogP contribution in [0.3, 0.4) is 0 Å². The van der Waals surface area contributed by atoms with Crippen molar-refractivity contribution in [3.05, 3.63) is 0 Å². The van der Waals surface area contributed by atoms with Crippen molar-refractivity contribution in [1.82, 2.24) is 10.2 Å². The summed E-state index contributed by atoms with van der Waals surface area (Å²) < 4.78 is 0. The SMILES string of the molecule is CC(C)NC1CCCCN([C@@H](C)C(=O)C(C)C)C1=O. The van der Waals surface area contributed by atoms with Gasteiger partial charge in [-0.1, -0.05) is 27.7 Å². The number of Topliss-reactive ketones (excluding diaryl/α,β-unsaturated/α-hetero) is 1. The lowest BCUT2D eigenvalue weighted by Crippen LogP contribution is -2.52. The number of hydrogen-bond acceptors (Lipinski definition) is 3. The molecular formula is C15H28N2O2. The molecule has 1 aliphatic rings. The van der Waals surface area contributed by atoms with E-state index in [2.05, 4.69) is 5.32 Å². The zero-order valence-electron chi connectivity index (χ0n) is 12.9. The van der Waals surface area contributed by atoms with E-state index >= 15 is 0 Å². The van der Waals surface area contributed by atoms with Gasteiger partial charge in [0, 0.05) is 18.5 Å². The average Bonchev–Trinajstić information content (AvgIpc) is 2.50. The highest BCUT2D eigenvalue weighted by Gasteiger charge is 2.33. The van der Waals surface area contributed by atoms with Gasteiger partial charge >= 0.3 is 0 Å². The van der Waals surface area contributed by atoms with Crippen LogP contribution in [0.25, 0.3) is 0 Å². The molecule has 19 heavy (non-hydrogen) atoms. The van der Waals surface area contributed by atoms with Gasteiger partial charge in [-0.15, -0.1) is 0 Å². The summed E-state index contributed by atoms with van der Waals surface area (Å²) in [5.74, 6) is 0.216. The third kappa shape index (κ3) is 4.30. The zero-order chi connectivity index (χ0) is 14.6. The largest absolute Gasteiger partial charge is 0.332 e. The summed E-state index contributed by atoms with van der Waals surface area (Å²) in [4.78, 5) is 26.4. The van der Waals surface area contributed by atoms with E-state index < -0.39 is 0 Å². The van der Waals surface area contributed by atoms with Crippen molar-refractivity contribution in [3.8, 4) is 0 Å². The van der Waals surface area contributed by atoms with E-state index in [-0.39, 0.29) is 35.7 Å². The Hall–Kier alpha value is -0.900. The van der Waals surface area contributed by atoms with E-state index in [9.17, 15) is 9.59 Å². The fourth-order valence-electron chi connectivity index (χ4n) is 2.64. The molecule has 0 spiro atoms. The lowest BCUT2D eigenvalue weighted by molar-refractivity contribution is -0.141. The molecule has 1 fully saturated rings. The molecule has 0 aromatic carbocycles. The molecule has 0 aliphatic carbocycles. The quantitative estimate of drug-likeness (QED) is 0.829. The molecule has 0 aromatic rings. The maximum absolute atomic E-state index is 12.6. The van der Waals surface area contributed by atoms with Crippen LogP contribution in [0.15, 0.2) is 0 Å². The molecule has 1 heterocycles. The maximum Gasteiger partial charge on any atom is 0.240 e. The highest BCUT2D eigenvalue weighted by molar-refractivity contribution is 5.91. The van der Waals surface area contributed by atoms with Crippen LogP contribution >= 0.6 is 0 Å². The summed E-state index contributed by atoms with van der Waals surface area (Å²) in [5, 5.41) is 3.32. The monoisotopic (exact) mass is 268 g/mol. The van der Waals surface area contributed by atoms with Gasteiger partial charge in [-0.3, -0.25) is 9.59 Å². The van der Waals surface area contributed by atoms with Crippen LogP contribution in [-0.4, -0.2) is 41.3 Å². The number of hydrogen-bond donors (Lipinski definition) is 1. The molecule has 1 N–H and O–H groups in total. The van der Waals surface area contributed by atoms with Gasteiger partial charge in [-0.25, -0.2) is 0 Å². The minimum Gasteiger partial charge on any atom is -0.332 e. The molecule has 110 valence electrons. The second-order valence-corrected chi connectivity index (χ2v) is 6.13. The highest BCUT2D eigenvalue weighted by Crippen LogP contribution is 2.17. The molecule has 1 saturated heterocycles. The summed E-state index contributed by atoms with van der Waals surface area (Å²) in [7, 11) is 0. The first-order valence-electron chi connectivity index (χ1n) is 7.44. The molecule has 0 radical (unpaired) electrons. The molecule has 1 aliphatic heterocycles. The Bertz CT molecular complexity index is 326. The first-order chi connectivity index (χ1) is 8.84. The number of likely N-dealkylation sites (tertiary alicyclic amines) is 1. The molecule has 2 atom stereocenters. The number of nitrogens with one attached hydrogen (secondary N) is 1. The number of carbonyl (C=O) groups is 2. The Morgan fingerprint density at radius 3 is 2.37 bits per heavy atom. The van der Waals surface area contributed by atoms with E-state index in [1.165, 1.54) is 0 Å². The van der Waals surface area contributed by atoms with Gasteiger partial charge in [-0.05, 0) is 26.2 Å². The standard InChI is InChI=1S/C15H28N2O2/c1-10(2)14(18)12(5)17-9-7-6-8-13(15(17)19)16-11(3)4/h10-13,16H,6-9H2,1-5H3/t12-,13?/m0/s1. The van der Waals surface area contributed by atoms with Crippen molar-refractivity contribution in [3.63, 3.8) is 0 Å². The second-order valence-electron chi connectivity index (χ2n) is 6.13. The Morgan fingerprint density at radius 2 is 1.84 bits per heavy atom. The summed E-state index contributed by atoms with van der Waals surface area (Å²) in [5.41, 5.74) is 0. The molecule has 0 bridgehead atoms. The van der Waals surface area contributed by atoms with Crippen LogP contribution < -0.4 is 5.32 Å². The van der Waals surface area contributed by atoms with Gasteiger partial charge < -0.3 is 10.2 Å². The van der Waals surface area contributed by atoms with Gasteiger partial charge in [0.25, 0.3) is 0 Å². The smallest absolute Gasteiger partial charge is 0.240 e. The van der Waals surface area contributed by atoms with Crippen molar-refractivity contribution >= 4 is 11.7 Å². The lowest BCUT2D eigenvalue weighted by Gasteiger charge is -2.31. The molecule has 1 amide bonds. The van der Waals surface area contributed by atoms with Crippen molar-refractivity contribution in [1.29, 1.82) is 0 Å². The van der Waals surface area contributed by atoms with E-state index in [0.29, 0.717) is 6.54 Å². The molecule has 4 nitrogen and oxygen atoms in total. The highest BCUT2D eigenvalue weighted by atomic mass is 16.2. The normalized spacial score (nSPS) is 22.8. The van der Waals surface area contributed by atoms with Crippen molar-refractivity contribution in [2.75, 3.05) is 6.54 Å². The van der Waals surface area contributed by atoms with E-state index in [1.807, 2.05) is 34.6 Å². The van der Waals surface area contributed by atoms with Crippen molar-refractivity contribution in [2.45, 2.75) is 72.0 Å². The topological polar surface area (TPSA) is 49.4 Å². The molecule has 4 heteroatoms. The lowest BCUT2D eigenvalue weighted by atomic mass is 10.0. The predicted octanol–water partition coefficient (Wildman–Crippen LogP) is 1.98. The van der Waals surface area contributed by atoms with Gasteiger partial charge in [0.2, 0.25) is 5.91 Å². The van der Waals surface area contributed by atoms with Crippen LogP contribution in [0.4, 0.5) is 0 Å². The van der Waals surface area contributed by atoms with Crippen LogP contribution in [0.5, 0.6) is 0 Å². The summed E-state index contributed by atoms with van der Waals surface area (Å²) in [6.45, 7) is 10.4. The third-order valence-corrected chi connectivity index (χ3v) is 3.71. The van der Waals surface area contributed by atoms with Crippen LogP contribution in [-0.2, 0) is 9.59 Å². The Labute approximate surface area is 116 Å². The Balaban J connectivity index is 2.80. The van der Waals surface area contributed by atoms with E-state index in [1.54, 1.807) is 4.90 Å². The zero-order valence-corrected chi connectivity index (χ0v) is 12.9. The first-order valence-corrected chi connectivity index (χ1v) is 7.44. The number of rotatable bonds is 5. The average molecular weight is 268 g/mol. The summed E-state index contributed by atoms with van der Waals surface area (Å²) in [6.07, 6.45) is 2.89. The van der Waals surface area contributed by atoms with E-state index in [0.717, 1.165) is 19.3 Å². The first kappa shape index (κ1) is 16.2. The third-order valence-electron chi connectivity index (χ3n) is 3.71. The molecule has 1 unspecified atom stereocenters. The predicted molar refractivity (Wildman–Crippen MR) is 76.9 cm³/mol. The molecule has 0 aromatic heterocycles. The van der Waals surface area contributed by atoms with Gasteiger partial charge in [0.1, 0.15) is 0 Å². The van der Waals surface area contributed by atoms with E-state index in [4.69, 9.17) is 0 Å². The number of amides is 1. The minimum atomic E-state index is -0.304. The Morgan fingerprint density at radius 1 is 1.21 bits per heavy atom. The van der Waals surface area contributed by atoms with Gasteiger partial charge in [0.05, 0.1) is 12.1 Å². The molecular weight excluding hydrogens is 240 g/mol. The van der Waals surface area contributed by atoms with Crippen LogP contribution in [0.2, 0.25) is 0 Å². The maximum atomic E-state index is 12.6. The second kappa shape index (κ2) is 7.04. The Kier molecular flexibility index (Phi) is 5.98. The fourth-order valence-corrected chi connectivity index (χ4v) is 2.64. The van der Waals surface area contributed by atoms with Crippen molar-refractivity contribution < 1.29 is 9.59 Å². The minimum absolute atomic E-state index is 0.0254. The van der Waals surface area contributed by atoms with Crippen LogP contribution in [0, 0.1) is 5.92 Å².